The predicted octanol–water partition coefficient (Wildman–Crippen LogP) is 1.51. The van der Waals surface area contributed by atoms with Gasteiger partial charge in [-0.25, -0.2) is 4.98 Å². The first kappa shape index (κ1) is 14.3. The second-order valence-electron chi connectivity index (χ2n) is 5.16. The van der Waals surface area contributed by atoms with E-state index < -0.39 is 0 Å². The monoisotopic (exact) mass is 272 g/mol. The lowest BCUT2D eigenvalue weighted by molar-refractivity contribution is 0.405. The van der Waals surface area contributed by atoms with Gasteiger partial charge >= 0.3 is 0 Å². The van der Waals surface area contributed by atoms with Gasteiger partial charge in [0.1, 0.15) is 11.9 Å². The molecule has 2 rings (SSSR count). The maximum Gasteiger partial charge on any atom is 0.160 e. The van der Waals surface area contributed by atoms with Crippen LogP contribution >= 0.6 is 0 Å². The van der Waals surface area contributed by atoms with E-state index in [4.69, 9.17) is 0 Å². The molecule has 6 nitrogen and oxygen atoms in total. The fourth-order valence-electron chi connectivity index (χ4n) is 2.16. The van der Waals surface area contributed by atoms with Crippen molar-refractivity contribution in [3.05, 3.63) is 17.3 Å². The van der Waals surface area contributed by atoms with Crippen LogP contribution in [0.2, 0.25) is 0 Å². The molecule has 2 aromatic heterocycles. The number of nitrogens with zero attached hydrogens (tertiary/aromatic N) is 5. The van der Waals surface area contributed by atoms with E-state index in [0.717, 1.165) is 36.2 Å². The summed E-state index contributed by atoms with van der Waals surface area (Å²) < 4.78 is 1.75. The van der Waals surface area contributed by atoms with Gasteiger partial charge in [0, 0.05) is 19.0 Å². The molecule has 0 saturated carbocycles. The van der Waals surface area contributed by atoms with Gasteiger partial charge in [0.15, 0.2) is 5.65 Å². The smallest absolute Gasteiger partial charge is 0.160 e. The van der Waals surface area contributed by atoms with Gasteiger partial charge < -0.3 is 10.2 Å². The Balaban J connectivity index is 2.24. The highest BCUT2D eigenvalue weighted by Gasteiger charge is 2.12. The molecule has 106 valence electrons. The predicted molar refractivity (Wildman–Crippen MR) is 79.6 cm³/mol. The van der Waals surface area contributed by atoms with E-state index in [0.29, 0.717) is 11.4 Å². The molecular weight excluding hydrogens is 252 g/mol. The fourth-order valence-corrected chi connectivity index (χ4v) is 2.16. The Hall–Kier alpha value is -2.13. The molecule has 0 spiro atoms. The molecule has 0 aliphatic heterocycles. The van der Waals surface area contributed by atoms with Gasteiger partial charge in [-0.1, -0.05) is 0 Å². The summed E-state index contributed by atoms with van der Waals surface area (Å²) in [7, 11) is 5.96. The third kappa shape index (κ3) is 2.89. The summed E-state index contributed by atoms with van der Waals surface area (Å²) >= 11 is 0. The number of fused-ring (bicyclic) bond motifs is 1. The second-order valence-corrected chi connectivity index (χ2v) is 5.16. The average molecular weight is 272 g/mol. The molecule has 0 unspecified atom stereocenters. The average Bonchev–Trinajstić information content (AvgIpc) is 2.68. The standard InChI is InChI=1S/C14H20N6/c1-10-12-8-11(9-15)13(16-6-5-7-19(2)3)17-14(12)20(4)18-10/h8H,5-7H2,1-4H3,(H,16,17). The minimum absolute atomic E-state index is 0.568. The summed E-state index contributed by atoms with van der Waals surface area (Å²) in [6, 6.07) is 4.06. The van der Waals surface area contributed by atoms with Crippen LogP contribution in [0.3, 0.4) is 0 Å². The number of anilines is 1. The lowest BCUT2D eigenvalue weighted by Crippen LogP contribution is -2.17. The van der Waals surface area contributed by atoms with Crippen LogP contribution in [-0.4, -0.2) is 46.8 Å². The van der Waals surface area contributed by atoms with Crippen molar-refractivity contribution in [2.24, 2.45) is 7.05 Å². The number of nitrogens with one attached hydrogen (secondary N) is 1. The molecule has 0 aliphatic rings. The van der Waals surface area contributed by atoms with Crippen molar-refractivity contribution < 1.29 is 0 Å². The lowest BCUT2D eigenvalue weighted by Gasteiger charge is -2.11. The van der Waals surface area contributed by atoms with Crippen LogP contribution in [0.4, 0.5) is 5.82 Å². The Kier molecular flexibility index (Phi) is 4.20. The molecule has 0 aromatic carbocycles. The molecular formula is C14H20N6. The summed E-state index contributed by atoms with van der Waals surface area (Å²) in [5.74, 6) is 0.641. The van der Waals surface area contributed by atoms with E-state index in [1.807, 2.05) is 34.1 Å². The van der Waals surface area contributed by atoms with Crippen LogP contribution in [-0.2, 0) is 7.05 Å². The van der Waals surface area contributed by atoms with Crippen LogP contribution in [0.1, 0.15) is 17.7 Å². The maximum atomic E-state index is 9.25. The molecule has 0 bridgehead atoms. The van der Waals surface area contributed by atoms with E-state index in [1.165, 1.54) is 0 Å². The third-order valence-electron chi connectivity index (χ3n) is 3.19. The number of hydrogen-bond acceptors (Lipinski definition) is 5. The Bertz CT molecular complexity index is 650. The van der Waals surface area contributed by atoms with Gasteiger partial charge in [0.05, 0.1) is 11.3 Å². The molecule has 0 atom stereocenters. The van der Waals surface area contributed by atoms with Gasteiger partial charge in [-0.15, -0.1) is 0 Å². The van der Waals surface area contributed by atoms with Crippen LogP contribution in [0, 0.1) is 18.3 Å². The Labute approximate surface area is 119 Å². The first-order chi connectivity index (χ1) is 9.52. The van der Waals surface area contributed by atoms with E-state index in [2.05, 4.69) is 26.4 Å². The molecule has 6 heteroatoms. The fraction of sp³-hybridized carbons (Fsp3) is 0.500. The Morgan fingerprint density at radius 3 is 2.85 bits per heavy atom. The number of aryl methyl sites for hydroxylation is 2. The highest BCUT2D eigenvalue weighted by atomic mass is 15.3. The van der Waals surface area contributed by atoms with E-state index in [9.17, 15) is 5.26 Å². The van der Waals surface area contributed by atoms with Crippen molar-refractivity contribution in [1.82, 2.24) is 19.7 Å². The molecule has 0 amide bonds. The zero-order valence-corrected chi connectivity index (χ0v) is 12.4. The molecule has 0 aliphatic carbocycles. The summed E-state index contributed by atoms with van der Waals surface area (Å²) in [6.07, 6.45) is 1.00. The van der Waals surface area contributed by atoms with Crippen LogP contribution in [0.15, 0.2) is 6.07 Å². The first-order valence-electron chi connectivity index (χ1n) is 6.66. The number of hydrogen-bond donors (Lipinski definition) is 1. The van der Waals surface area contributed by atoms with Crippen molar-refractivity contribution >= 4 is 16.9 Å². The summed E-state index contributed by atoms with van der Waals surface area (Å²) in [5, 5.41) is 17.8. The summed E-state index contributed by atoms with van der Waals surface area (Å²) in [5.41, 5.74) is 2.26. The molecule has 2 aromatic rings. The maximum absolute atomic E-state index is 9.25. The van der Waals surface area contributed by atoms with Crippen molar-refractivity contribution in [3.8, 4) is 6.07 Å². The molecule has 0 radical (unpaired) electrons. The Morgan fingerprint density at radius 1 is 1.45 bits per heavy atom. The number of pyridine rings is 1. The molecule has 20 heavy (non-hydrogen) atoms. The van der Waals surface area contributed by atoms with Gasteiger partial charge in [-0.05, 0) is 40.1 Å². The van der Waals surface area contributed by atoms with Crippen LogP contribution in [0.5, 0.6) is 0 Å². The zero-order valence-electron chi connectivity index (χ0n) is 12.4. The van der Waals surface area contributed by atoms with Gasteiger partial charge in [0.2, 0.25) is 0 Å². The topological polar surface area (TPSA) is 69.8 Å². The normalized spacial score (nSPS) is 11.0. The van der Waals surface area contributed by atoms with Crippen molar-refractivity contribution in [1.29, 1.82) is 5.26 Å². The molecule has 0 saturated heterocycles. The van der Waals surface area contributed by atoms with Crippen molar-refractivity contribution in [2.75, 3.05) is 32.5 Å². The van der Waals surface area contributed by atoms with Gasteiger partial charge in [0.25, 0.3) is 0 Å². The van der Waals surface area contributed by atoms with E-state index >= 15 is 0 Å². The largest absolute Gasteiger partial charge is 0.369 e. The second kappa shape index (κ2) is 5.88. The highest BCUT2D eigenvalue weighted by molar-refractivity contribution is 5.82. The van der Waals surface area contributed by atoms with Crippen molar-refractivity contribution in [3.63, 3.8) is 0 Å². The molecule has 1 N–H and O–H groups in total. The minimum atomic E-state index is 0.568. The highest BCUT2D eigenvalue weighted by Crippen LogP contribution is 2.22. The molecule has 0 fully saturated rings. The third-order valence-corrected chi connectivity index (χ3v) is 3.19. The van der Waals surface area contributed by atoms with E-state index in [1.54, 1.807) is 4.68 Å². The lowest BCUT2D eigenvalue weighted by atomic mass is 10.2. The van der Waals surface area contributed by atoms with Gasteiger partial charge in [-0.2, -0.15) is 10.4 Å². The Morgan fingerprint density at radius 2 is 2.20 bits per heavy atom. The number of nitriles is 1. The number of aromatic nitrogens is 3. The van der Waals surface area contributed by atoms with Crippen LogP contribution in [0.25, 0.3) is 11.0 Å². The SMILES string of the molecule is Cc1nn(C)c2nc(NCCCN(C)C)c(C#N)cc12. The van der Waals surface area contributed by atoms with E-state index in [-0.39, 0.29) is 0 Å². The summed E-state index contributed by atoms with van der Waals surface area (Å²) in [4.78, 5) is 6.67. The summed E-state index contributed by atoms with van der Waals surface area (Å²) in [6.45, 7) is 3.72. The zero-order chi connectivity index (χ0) is 14.7. The van der Waals surface area contributed by atoms with Crippen molar-refractivity contribution in [2.45, 2.75) is 13.3 Å². The first-order valence-corrected chi connectivity index (χ1v) is 6.66. The van der Waals surface area contributed by atoms with Gasteiger partial charge in [-0.3, -0.25) is 4.68 Å². The molecule has 2 heterocycles. The quantitative estimate of drug-likeness (QED) is 0.836. The minimum Gasteiger partial charge on any atom is -0.369 e. The van der Waals surface area contributed by atoms with Crippen LogP contribution < -0.4 is 5.32 Å². The number of rotatable bonds is 5.